The third-order valence-corrected chi connectivity index (χ3v) is 9.76. The Morgan fingerprint density at radius 3 is 2.50 bits per heavy atom. The highest BCUT2D eigenvalue weighted by Gasteiger charge is 2.76. The van der Waals surface area contributed by atoms with Gasteiger partial charge in [-0.15, -0.1) is 23.2 Å². The van der Waals surface area contributed by atoms with Gasteiger partial charge in [0.2, 0.25) is 11.8 Å². The Morgan fingerprint density at radius 2 is 1.82 bits per heavy atom. The van der Waals surface area contributed by atoms with Crippen molar-refractivity contribution < 1.29 is 24.3 Å². The number of imide groups is 2. The molecule has 0 spiro atoms. The molecule has 6 atom stereocenters. The number of halogens is 3. The van der Waals surface area contributed by atoms with Crippen LogP contribution in [-0.4, -0.2) is 61.9 Å². The number of aromatic hydroxyl groups is 1. The van der Waals surface area contributed by atoms with Crippen LogP contribution in [0.1, 0.15) is 37.7 Å². The number of alkyl halides is 2. The molecule has 0 radical (unpaired) electrons. The molecule has 2 saturated heterocycles. The van der Waals surface area contributed by atoms with Crippen molar-refractivity contribution in [2.75, 3.05) is 13.6 Å². The largest absolute Gasteiger partial charge is 0.508 e. The fraction of sp³-hybridized carbons (Fsp3) is 0.500. The summed E-state index contributed by atoms with van der Waals surface area (Å²) in [6, 6.07) is 4.77. The maximum atomic E-state index is 13.5. The van der Waals surface area contributed by atoms with Gasteiger partial charge in [0.25, 0.3) is 11.8 Å². The number of nitrogens with zero attached hydrogens (tertiary/aromatic N) is 2. The summed E-state index contributed by atoms with van der Waals surface area (Å²) in [7, 11) is 1.34. The van der Waals surface area contributed by atoms with Crippen molar-refractivity contribution in [2.45, 2.75) is 41.9 Å². The van der Waals surface area contributed by atoms with Gasteiger partial charge in [-0.25, -0.2) is 0 Å². The second-order valence-corrected chi connectivity index (χ2v) is 11.7. The summed E-state index contributed by atoms with van der Waals surface area (Å²) in [4.78, 5) is 51.7. The highest BCUT2D eigenvalue weighted by Crippen LogP contribution is 2.66. The lowest BCUT2D eigenvalue weighted by Crippen LogP contribution is -2.60. The van der Waals surface area contributed by atoms with Gasteiger partial charge in [0, 0.05) is 29.5 Å². The minimum absolute atomic E-state index is 0.0514. The van der Waals surface area contributed by atoms with E-state index in [9.17, 15) is 24.3 Å². The van der Waals surface area contributed by atoms with E-state index in [-0.39, 0.29) is 24.0 Å². The number of allylic oxidation sites excluding steroid dienone is 2. The van der Waals surface area contributed by atoms with Crippen LogP contribution in [0.3, 0.4) is 0 Å². The van der Waals surface area contributed by atoms with E-state index in [1.54, 1.807) is 12.1 Å². The Morgan fingerprint density at radius 1 is 1.12 bits per heavy atom. The van der Waals surface area contributed by atoms with Crippen LogP contribution in [0.25, 0.3) is 0 Å². The number of benzene rings is 1. The van der Waals surface area contributed by atoms with E-state index in [0.29, 0.717) is 35.0 Å². The molecule has 2 aliphatic heterocycles. The molecule has 180 valence electrons. The van der Waals surface area contributed by atoms with Crippen molar-refractivity contribution in [3.63, 3.8) is 0 Å². The Hall–Kier alpha value is -1.90. The van der Waals surface area contributed by atoms with Gasteiger partial charge in [-0.3, -0.25) is 29.0 Å². The molecule has 0 bridgehead atoms. The third-order valence-electron chi connectivity index (χ3n) is 7.85. The van der Waals surface area contributed by atoms with Crippen LogP contribution >= 0.6 is 39.1 Å². The number of amides is 4. The first-order valence-corrected chi connectivity index (χ1v) is 12.8. The second-order valence-electron chi connectivity index (χ2n) is 9.53. The van der Waals surface area contributed by atoms with Crippen molar-refractivity contribution in [3.05, 3.63) is 39.9 Å². The molecule has 2 aliphatic carbocycles. The Kier molecular flexibility index (Phi) is 5.47. The van der Waals surface area contributed by atoms with Gasteiger partial charge in [0.15, 0.2) is 9.75 Å². The highest BCUT2D eigenvalue weighted by atomic mass is 79.9. The second kappa shape index (κ2) is 7.80. The van der Waals surface area contributed by atoms with Crippen molar-refractivity contribution in [1.29, 1.82) is 0 Å². The minimum Gasteiger partial charge on any atom is -0.508 e. The summed E-state index contributed by atoms with van der Waals surface area (Å²) in [5.74, 6) is -4.67. The molecule has 1 N–H and O–H groups in total. The van der Waals surface area contributed by atoms with Gasteiger partial charge in [-0.05, 0) is 43.4 Å². The molecule has 34 heavy (non-hydrogen) atoms. The number of hydrogen-bond acceptors (Lipinski definition) is 5. The van der Waals surface area contributed by atoms with Crippen LogP contribution in [0.4, 0.5) is 0 Å². The third kappa shape index (κ3) is 2.82. The van der Waals surface area contributed by atoms with Gasteiger partial charge in [0.1, 0.15) is 5.75 Å². The lowest BCUT2D eigenvalue weighted by atomic mass is 9.56. The molecule has 1 aromatic rings. The van der Waals surface area contributed by atoms with E-state index < -0.39 is 45.2 Å². The minimum atomic E-state index is -1.90. The van der Waals surface area contributed by atoms with Crippen LogP contribution < -0.4 is 0 Å². The zero-order chi connectivity index (χ0) is 24.7. The maximum absolute atomic E-state index is 13.5. The smallest absolute Gasteiger partial charge is 0.253 e. The average molecular weight is 570 g/mol. The molecule has 7 nitrogen and oxygen atoms in total. The van der Waals surface area contributed by atoms with Crippen LogP contribution in [0.5, 0.6) is 5.75 Å². The molecular formula is C24H23BrCl2N2O5. The summed E-state index contributed by atoms with van der Waals surface area (Å²) in [6.07, 6.45) is 2.75. The topological polar surface area (TPSA) is 95.0 Å². The van der Waals surface area contributed by atoms with E-state index in [4.69, 9.17) is 23.2 Å². The number of phenolic OH excluding ortho intramolecular Hbond substituents is 1. The molecule has 2 heterocycles. The molecule has 6 unspecified atom stereocenters. The quantitative estimate of drug-likeness (QED) is 0.341. The number of rotatable bonds is 3. The molecule has 10 heteroatoms. The zero-order valence-electron chi connectivity index (χ0n) is 18.6. The Balaban J connectivity index is 1.74. The highest BCUT2D eigenvalue weighted by molar-refractivity contribution is 9.10. The maximum Gasteiger partial charge on any atom is 0.253 e. The summed E-state index contributed by atoms with van der Waals surface area (Å²) in [5.41, 5.74) is 0.999. The van der Waals surface area contributed by atoms with Crippen molar-refractivity contribution in [3.8, 4) is 5.75 Å². The fourth-order valence-corrected chi connectivity index (χ4v) is 7.75. The van der Waals surface area contributed by atoms with Crippen LogP contribution in [0, 0.1) is 17.8 Å². The van der Waals surface area contributed by atoms with Crippen molar-refractivity contribution in [2.24, 2.45) is 17.8 Å². The molecule has 0 aromatic heterocycles. The Bertz CT molecular complexity index is 1190. The number of likely N-dealkylation sites (tertiary alicyclic amines) is 2. The first-order valence-electron chi connectivity index (χ1n) is 11.2. The summed E-state index contributed by atoms with van der Waals surface area (Å²) >= 11 is 17.5. The number of hydrogen-bond donors (Lipinski definition) is 1. The SMILES string of the molecule is CCCN1C(=O)C2CC=C3C(CC4(Cl)C(=O)N(C)C(=O)C4(Cl)C3c3cc(Br)ccc3O)C2C1=O. The van der Waals surface area contributed by atoms with Crippen LogP contribution in [0.15, 0.2) is 34.3 Å². The van der Waals surface area contributed by atoms with Crippen LogP contribution in [-0.2, 0) is 19.2 Å². The van der Waals surface area contributed by atoms with E-state index >= 15 is 0 Å². The van der Waals surface area contributed by atoms with Gasteiger partial charge < -0.3 is 5.11 Å². The number of carbonyl (C=O) groups excluding carboxylic acids is 4. The average Bonchev–Trinajstić information content (AvgIpc) is 3.11. The van der Waals surface area contributed by atoms with E-state index in [2.05, 4.69) is 15.9 Å². The molecular weight excluding hydrogens is 547 g/mol. The van der Waals surface area contributed by atoms with E-state index in [1.165, 1.54) is 18.0 Å². The van der Waals surface area contributed by atoms with Gasteiger partial charge in [-0.2, -0.15) is 0 Å². The number of carbonyl (C=O) groups is 4. The number of fused-ring (bicyclic) bond motifs is 4. The monoisotopic (exact) mass is 568 g/mol. The first-order chi connectivity index (χ1) is 16.0. The summed E-state index contributed by atoms with van der Waals surface area (Å²) in [6.45, 7) is 2.22. The lowest BCUT2D eigenvalue weighted by molar-refractivity contribution is -0.141. The van der Waals surface area contributed by atoms with Crippen molar-refractivity contribution in [1.82, 2.24) is 9.80 Å². The van der Waals surface area contributed by atoms with E-state index in [0.717, 1.165) is 4.90 Å². The predicted molar refractivity (Wildman–Crippen MR) is 128 cm³/mol. The van der Waals surface area contributed by atoms with Gasteiger partial charge in [-0.1, -0.05) is 34.5 Å². The van der Waals surface area contributed by atoms with Crippen LogP contribution in [0.2, 0.25) is 0 Å². The van der Waals surface area contributed by atoms with Crippen molar-refractivity contribution >= 4 is 62.8 Å². The predicted octanol–water partition coefficient (Wildman–Crippen LogP) is 3.55. The number of phenols is 1. The van der Waals surface area contributed by atoms with Gasteiger partial charge in [0.05, 0.1) is 11.8 Å². The molecule has 1 saturated carbocycles. The lowest BCUT2D eigenvalue weighted by Gasteiger charge is -2.50. The standard InChI is InChI=1S/C24H23BrCl2N2O5/c1-3-8-29-19(31)13-6-5-12-15(17(13)20(29)32)10-23(26)21(33)28(2)22(34)24(23,27)18(12)14-9-11(25)4-7-16(14)30/h4-5,7,9,13,15,17-18,30H,3,6,8,10H2,1-2H3. The molecule has 3 fully saturated rings. The fourth-order valence-electron chi connectivity index (χ4n) is 6.36. The molecule has 5 rings (SSSR count). The van der Waals surface area contributed by atoms with E-state index in [1.807, 2.05) is 13.0 Å². The Labute approximate surface area is 215 Å². The first kappa shape index (κ1) is 23.8. The zero-order valence-corrected chi connectivity index (χ0v) is 21.7. The molecule has 4 amide bonds. The van der Waals surface area contributed by atoms with Gasteiger partial charge >= 0.3 is 0 Å². The normalized spacial score (nSPS) is 37.0. The summed E-state index contributed by atoms with van der Waals surface area (Å²) < 4.78 is 0.642. The molecule has 1 aromatic carbocycles. The summed E-state index contributed by atoms with van der Waals surface area (Å²) in [5, 5.41) is 10.8. The molecule has 4 aliphatic rings.